The lowest BCUT2D eigenvalue weighted by Crippen LogP contribution is -2.36. The molecule has 0 spiro atoms. The number of rotatable bonds is 9. The average molecular weight is 273 g/mol. The van der Waals surface area contributed by atoms with Gasteiger partial charge in [0.15, 0.2) is 0 Å². The normalized spacial score (nSPS) is 12.0. The lowest BCUT2D eigenvalue weighted by atomic mass is 10.1. The predicted octanol–water partition coefficient (Wildman–Crippen LogP) is 0.919. The number of carboxylic acids is 1. The number of hydrogen-bond acceptors (Lipinski definition) is 4. The monoisotopic (exact) mass is 273 g/mol. The number of carbonyl (C=O) groups excluding carboxylic acids is 1. The van der Waals surface area contributed by atoms with E-state index in [0.717, 1.165) is 0 Å². The highest BCUT2D eigenvalue weighted by atomic mass is 16.5. The SMILES string of the molecule is COCCCN(CCOC)C(=O)C(C)=C(C)C(=O)O. The third kappa shape index (κ3) is 6.35. The van der Waals surface area contributed by atoms with Crippen molar-refractivity contribution in [1.82, 2.24) is 4.90 Å². The van der Waals surface area contributed by atoms with Gasteiger partial charge in [0, 0.05) is 45.1 Å². The quantitative estimate of drug-likeness (QED) is 0.499. The molecule has 0 aromatic rings. The van der Waals surface area contributed by atoms with Crippen LogP contribution in [0, 0.1) is 0 Å². The second kappa shape index (κ2) is 9.52. The van der Waals surface area contributed by atoms with Gasteiger partial charge in [-0.05, 0) is 20.3 Å². The first-order valence-corrected chi connectivity index (χ1v) is 6.13. The van der Waals surface area contributed by atoms with Gasteiger partial charge in [0.1, 0.15) is 0 Å². The van der Waals surface area contributed by atoms with Crippen LogP contribution in [-0.2, 0) is 19.1 Å². The average Bonchev–Trinajstić information content (AvgIpc) is 2.40. The summed E-state index contributed by atoms with van der Waals surface area (Å²) in [5.41, 5.74) is 0.320. The van der Waals surface area contributed by atoms with Gasteiger partial charge in [-0.15, -0.1) is 0 Å². The van der Waals surface area contributed by atoms with Gasteiger partial charge in [-0.25, -0.2) is 4.79 Å². The number of carbonyl (C=O) groups is 2. The van der Waals surface area contributed by atoms with Gasteiger partial charge >= 0.3 is 5.97 Å². The van der Waals surface area contributed by atoms with Crippen molar-refractivity contribution in [2.75, 3.05) is 40.5 Å². The zero-order chi connectivity index (χ0) is 14.8. The van der Waals surface area contributed by atoms with Gasteiger partial charge in [-0.1, -0.05) is 0 Å². The summed E-state index contributed by atoms with van der Waals surface area (Å²) in [6, 6.07) is 0. The third-order valence-corrected chi connectivity index (χ3v) is 2.83. The summed E-state index contributed by atoms with van der Waals surface area (Å²) in [7, 11) is 3.16. The Hall–Kier alpha value is -1.40. The molecule has 0 bridgehead atoms. The Morgan fingerprint density at radius 1 is 1.00 bits per heavy atom. The first-order chi connectivity index (χ1) is 8.95. The molecule has 6 nitrogen and oxygen atoms in total. The van der Waals surface area contributed by atoms with Crippen molar-refractivity contribution in [3.8, 4) is 0 Å². The summed E-state index contributed by atoms with van der Waals surface area (Å²) in [4.78, 5) is 24.7. The summed E-state index contributed by atoms with van der Waals surface area (Å²) in [6.07, 6.45) is 0.700. The van der Waals surface area contributed by atoms with Crippen LogP contribution in [0.15, 0.2) is 11.1 Å². The van der Waals surface area contributed by atoms with Crippen LogP contribution in [0.3, 0.4) is 0 Å². The highest BCUT2D eigenvalue weighted by Gasteiger charge is 2.18. The maximum atomic E-state index is 12.2. The molecule has 0 aromatic carbocycles. The zero-order valence-corrected chi connectivity index (χ0v) is 12.1. The molecular weight excluding hydrogens is 250 g/mol. The Bertz CT molecular complexity index is 338. The second-order valence-corrected chi connectivity index (χ2v) is 4.19. The number of ether oxygens (including phenoxy) is 2. The van der Waals surface area contributed by atoms with Gasteiger partial charge in [-0.2, -0.15) is 0 Å². The van der Waals surface area contributed by atoms with E-state index in [-0.39, 0.29) is 17.1 Å². The Labute approximate surface area is 114 Å². The molecule has 0 saturated heterocycles. The smallest absolute Gasteiger partial charge is 0.331 e. The Kier molecular flexibility index (Phi) is 8.82. The van der Waals surface area contributed by atoms with E-state index >= 15 is 0 Å². The van der Waals surface area contributed by atoms with Crippen LogP contribution in [0.1, 0.15) is 20.3 Å². The minimum absolute atomic E-state index is 0.0687. The van der Waals surface area contributed by atoms with E-state index in [1.165, 1.54) is 13.8 Å². The summed E-state index contributed by atoms with van der Waals surface area (Å²) < 4.78 is 9.91. The van der Waals surface area contributed by atoms with Crippen molar-refractivity contribution in [1.29, 1.82) is 0 Å². The standard InChI is InChI=1S/C13H23NO5/c1-10(11(2)13(16)17)12(15)14(7-9-19-4)6-5-8-18-3/h5-9H2,1-4H3,(H,16,17). The molecule has 0 aromatic heterocycles. The second-order valence-electron chi connectivity index (χ2n) is 4.19. The number of carboxylic acid groups (broad SMARTS) is 1. The van der Waals surface area contributed by atoms with Crippen molar-refractivity contribution in [3.05, 3.63) is 11.1 Å². The zero-order valence-electron chi connectivity index (χ0n) is 12.1. The lowest BCUT2D eigenvalue weighted by molar-refractivity contribution is -0.134. The van der Waals surface area contributed by atoms with E-state index in [2.05, 4.69) is 0 Å². The molecule has 0 unspecified atom stereocenters. The van der Waals surface area contributed by atoms with Crippen LogP contribution >= 0.6 is 0 Å². The Morgan fingerprint density at radius 3 is 2.05 bits per heavy atom. The molecule has 0 atom stereocenters. The van der Waals surface area contributed by atoms with Gasteiger partial charge in [0.25, 0.3) is 0 Å². The molecule has 0 rings (SSSR count). The lowest BCUT2D eigenvalue weighted by Gasteiger charge is -2.23. The molecule has 0 aliphatic carbocycles. The number of aliphatic carboxylic acids is 1. The summed E-state index contributed by atoms with van der Waals surface area (Å²) >= 11 is 0. The van der Waals surface area contributed by atoms with E-state index in [9.17, 15) is 9.59 Å². The largest absolute Gasteiger partial charge is 0.478 e. The van der Waals surface area contributed by atoms with Crippen LogP contribution in [0.5, 0.6) is 0 Å². The summed E-state index contributed by atoms with van der Waals surface area (Å²) in [5.74, 6) is -1.34. The molecule has 0 aliphatic heterocycles. The molecule has 6 heteroatoms. The minimum atomic E-state index is -1.07. The van der Waals surface area contributed by atoms with Gasteiger partial charge < -0.3 is 19.5 Å². The van der Waals surface area contributed by atoms with Crippen molar-refractivity contribution in [2.45, 2.75) is 20.3 Å². The summed E-state index contributed by atoms with van der Waals surface area (Å²) in [6.45, 7) is 4.88. The topological polar surface area (TPSA) is 76.1 Å². The van der Waals surface area contributed by atoms with Crippen LogP contribution in [-0.4, -0.2) is 62.4 Å². The summed E-state index contributed by atoms with van der Waals surface area (Å²) in [5, 5.41) is 8.90. The van der Waals surface area contributed by atoms with E-state index in [1.54, 1.807) is 19.1 Å². The Balaban J connectivity index is 4.78. The van der Waals surface area contributed by atoms with Crippen molar-refractivity contribution < 1.29 is 24.2 Å². The molecule has 1 amide bonds. The van der Waals surface area contributed by atoms with E-state index in [1.807, 2.05) is 0 Å². The van der Waals surface area contributed by atoms with Crippen LogP contribution in [0.2, 0.25) is 0 Å². The molecule has 0 fully saturated rings. The van der Waals surface area contributed by atoms with Crippen LogP contribution < -0.4 is 0 Å². The molecule has 0 saturated carbocycles. The number of hydrogen-bond donors (Lipinski definition) is 1. The van der Waals surface area contributed by atoms with Gasteiger partial charge in [0.2, 0.25) is 5.91 Å². The highest BCUT2D eigenvalue weighted by molar-refractivity contribution is 6.01. The van der Waals surface area contributed by atoms with Crippen molar-refractivity contribution >= 4 is 11.9 Å². The predicted molar refractivity (Wildman–Crippen MR) is 71.0 cm³/mol. The highest BCUT2D eigenvalue weighted by Crippen LogP contribution is 2.09. The molecule has 0 heterocycles. The number of nitrogens with zero attached hydrogens (tertiary/aromatic N) is 1. The van der Waals surface area contributed by atoms with Gasteiger partial charge in [0.05, 0.1) is 6.61 Å². The molecular formula is C13H23NO5. The van der Waals surface area contributed by atoms with Gasteiger partial charge in [-0.3, -0.25) is 4.79 Å². The fourth-order valence-corrected chi connectivity index (χ4v) is 1.47. The van der Waals surface area contributed by atoms with E-state index < -0.39 is 5.97 Å². The van der Waals surface area contributed by atoms with Crippen LogP contribution in [0.25, 0.3) is 0 Å². The molecule has 0 radical (unpaired) electrons. The van der Waals surface area contributed by atoms with Crippen LogP contribution in [0.4, 0.5) is 0 Å². The van der Waals surface area contributed by atoms with E-state index in [4.69, 9.17) is 14.6 Å². The number of methoxy groups -OCH3 is 2. The van der Waals surface area contributed by atoms with Crippen molar-refractivity contribution in [2.24, 2.45) is 0 Å². The third-order valence-electron chi connectivity index (χ3n) is 2.83. The minimum Gasteiger partial charge on any atom is -0.478 e. The fraction of sp³-hybridized carbons (Fsp3) is 0.692. The molecule has 19 heavy (non-hydrogen) atoms. The first-order valence-electron chi connectivity index (χ1n) is 6.13. The number of amides is 1. The Morgan fingerprint density at radius 2 is 1.58 bits per heavy atom. The van der Waals surface area contributed by atoms with Crippen molar-refractivity contribution in [3.63, 3.8) is 0 Å². The first kappa shape index (κ1) is 17.6. The molecule has 0 aliphatic rings. The maximum Gasteiger partial charge on any atom is 0.331 e. The molecule has 1 N–H and O–H groups in total. The fourth-order valence-electron chi connectivity index (χ4n) is 1.47. The molecule has 110 valence electrons. The maximum absolute atomic E-state index is 12.2. The van der Waals surface area contributed by atoms with E-state index in [0.29, 0.717) is 32.7 Å².